The largest absolute Gasteiger partial charge is 0.396 e. The lowest BCUT2D eigenvalue weighted by Crippen LogP contribution is -2.48. The minimum absolute atomic E-state index is 0.192. The Labute approximate surface area is 172 Å². The second kappa shape index (κ2) is 7.27. The molecular weight excluding hydrogens is 382 g/mol. The van der Waals surface area contributed by atoms with Crippen molar-refractivity contribution in [2.24, 2.45) is 13.0 Å². The van der Waals surface area contributed by atoms with Crippen LogP contribution in [-0.2, 0) is 7.05 Å². The summed E-state index contributed by atoms with van der Waals surface area (Å²) in [6.45, 7) is 1.76. The van der Waals surface area contributed by atoms with Crippen molar-refractivity contribution in [2.45, 2.75) is 0 Å². The van der Waals surface area contributed by atoms with Crippen molar-refractivity contribution in [1.29, 1.82) is 0 Å². The Balaban J connectivity index is 1.30. The summed E-state index contributed by atoms with van der Waals surface area (Å²) in [4.78, 5) is 26.9. The number of nitrogens with zero attached hydrogens (tertiary/aromatic N) is 5. The van der Waals surface area contributed by atoms with E-state index in [1.807, 2.05) is 30.3 Å². The first kappa shape index (κ1) is 18.3. The number of anilines is 2. The molecule has 5 rings (SSSR count). The Hall–Kier alpha value is -3.72. The van der Waals surface area contributed by atoms with Crippen molar-refractivity contribution in [1.82, 2.24) is 24.7 Å². The molecule has 4 heterocycles. The van der Waals surface area contributed by atoms with Crippen LogP contribution in [0.25, 0.3) is 22.6 Å². The molecule has 1 fully saturated rings. The van der Waals surface area contributed by atoms with E-state index in [-0.39, 0.29) is 12.5 Å². The Morgan fingerprint density at radius 1 is 1.27 bits per heavy atom. The molecule has 1 aromatic carbocycles. The molecule has 3 aromatic heterocycles. The van der Waals surface area contributed by atoms with Crippen molar-refractivity contribution in [3.8, 4) is 11.5 Å². The predicted octanol–water partition coefficient (Wildman–Crippen LogP) is 2.04. The quantitative estimate of drug-likeness (QED) is 0.470. The molecule has 0 radical (unpaired) electrons. The number of aromatic nitrogens is 5. The number of aromatic amines is 1. The molecule has 0 atom stereocenters. The van der Waals surface area contributed by atoms with Gasteiger partial charge in [-0.1, -0.05) is 12.1 Å². The average Bonchev–Trinajstić information content (AvgIpc) is 3.30. The van der Waals surface area contributed by atoms with Crippen molar-refractivity contribution >= 4 is 28.6 Å². The Morgan fingerprint density at radius 3 is 2.83 bits per heavy atom. The first-order valence-corrected chi connectivity index (χ1v) is 9.73. The van der Waals surface area contributed by atoms with Crippen LogP contribution in [0.2, 0.25) is 0 Å². The second-order valence-corrected chi connectivity index (χ2v) is 7.45. The number of H-pyrrole nitrogens is 1. The van der Waals surface area contributed by atoms with Crippen molar-refractivity contribution < 1.29 is 9.90 Å². The summed E-state index contributed by atoms with van der Waals surface area (Å²) in [6.07, 6.45) is 1.56. The van der Waals surface area contributed by atoms with E-state index in [1.54, 1.807) is 30.1 Å². The standard InChI is InChI=1S/C21H21N7O2/c1-27-17(20-23-15-4-2-3-5-16(15)24-20)8-18(26-27)25-21(30)14-6-7-19(22-9-14)28-10-13(11-28)12-29/h2-9,13,29H,10-12H2,1H3,(H,23,24)(H,25,26,30). The van der Waals surface area contributed by atoms with E-state index in [1.165, 1.54) is 0 Å². The summed E-state index contributed by atoms with van der Waals surface area (Å²) < 4.78 is 1.68. The number of fused-ring (bicyclic) bond motifs is 1. The van der Waals surface area contributed by atoms with Gasteiger partial charge >= 0.3 is 0 Å². The highest BCUT2D eigenvalue weighted by molar-refractivity contribution is 6.03. The first-order valence-electron chi connectivity index (χ1n) is 9.73. The van der Waals surface area contributed by atoms with Gasteiger partial charge in [-0.05, 0) is 24.3 Å². The lowest BCUT2D eigenvalue weighted by Gasteiger charge is -2.39. The zero-order chi connectivity index (χ0) is 20.7. The maximum absolute atomic E-state index is 12.6. The third-order valence-electron chi connectivity index (χ3n) is 5.30. The van der Waals surface area contributed by atoms with E-state index >= 15 is 0 Å². The van der Waals surface area contributed by atoms with Crippen molar-refractivity contribution in [3.63, 3.8) is 0 Å². The zero-order valence-corrected chi connectivity index (χ0v) is 16.4. The number of pyridine rings is 1. The number of imidazole rings is 1. The molecule has 0 bridgehead atoms. The molecule has 9 heteroatoms. The first-order chi connectivity index (χ1) is 14.6. The molecule has 1 amide bonds. The van der Waals surface area contributed by atoms with Gasteiger partial charge in [0.15, 0.2) is 11.6 Å². The number of rotatable bonds is 5. The van der Waals surface area contributed by atoms with Gasteiger partial charge in [-0.15, -0.1) is 0 Å². The summed E-state index contributed by atoms with van der Waals surface area (Å²) in [5.41, 5.74) is 3.04. The van der Waals surface area contributed by atoms with Gasteiger partial charge in [-0.2, -0.15) is 5.10 Å². The fraction of sp³-hybridized carbons (Fsp3) is 0.238. The number of hydrogen-bond donors (Lipinski definition) is 3. The minimum atomic E-state index is -0.278. The highest BCUT2D eigenvalue weighted by Crippen LogP contribution is 2.24. The van der Waals surface area contributed by atoms with Gasteiger partial charge < -0.3 is 20.3 Å². The summed E-state index contributed by atoms with van der Waals surface area (Å²) in [7, 11) is 1.81. The number of carbonyl (C=O) groups excluding carboxylic acids is 1. The molecular formula is C21H21N7O2. The summed E-state index contributed by atoms with van der Waals surface area (Å²) >= 11 is 0. The fourth-order valence-electron chi connectivity index (χ4n) is 3.59. The molecule has 152 valence electrons. The third kappa shape index (κ3) is 3.29. The van der Waals surface area contributed by atoms with Crippen molar-refractivity contribution in [3.05, 3.63) is 54.2 Å². The van der Waals surface area contributed by atoms with Gasteiger partial charge in [0.1, 0.15) is 11.5 Å². The number of carbonyl (C=O) groups is 1. The molecule has 4 aromatic rings. The van der Waals surface area contributed by atoms with Gasteiger partial charge in [-0.3, -0.25) is 9.48 Å². The lowest BCUT2D eigenvalue weighted by atomic mass is 10.0. The molecule has 1 aliphatic heterocycles. The molecule has 3 N–H and O–H groups in total. The predicted molar refractivity (Wildman–Crippen MR) is 113 cm³/mol. The summed E-state index contributed by atoms with van der Waals surface area (Å²) in [6, 6.07) is 13.1. The Bertz CT molecular complexity index is 1170. The van der Waals surface area contributed by atoms with Crippen LogP contribution in [0.4, 0.5) is 11.6 Å². The Kier molecular flexibility index (Phi) is 4.44. The van der Waals surface area contributed by atoms with Crippen LogP contribution in [0.5, 0.6) is 0 Å². The molecule has 0 spiro atoms. The van der Waals surface area contributed by atoms with E-state index in [0.717, 1.165) is 35.6 Å². The van der Waals surface area contributed by atoms with Gasteiger partial charge in [-0.25, -0.2) is 9.97 Å². The normalized spacial score (nSPS) is 14.1. The smallest absolute Gasteiger partial charge is 0.258 e. The number of para-hydroxylation sites is 2. The third-order valence-corrected chi connectivity index (χ3v) is 5.30. The molecule has 0 unspecified atom stereocenters. The van der Waals surface area contributed by atoms with Crippen LogP contribution in [0.1, 0.15) is 10.4 Å². The monoisotopic (exact) mass is 403 g/mol. The van der Waals surface area contributed by atoms with Crippen molar-refractivity contribution in [2.75, 3.05) is 29.9 Å². The maximum atomic E-state index is 12.6. The lowest BCUT2D eigenvalue weighted by molar-refractivity contribution is 0.102. The van der Waals surface area contributed by atoms with E-state index in [0.29, 0.717) is 23.1 Å². The van der Waals surface area contributed by atoms with E-state index < -0.39 is 0 Å². The highest BCUT2D eigenvalue weighted by Gasteiger charge is 2.27. The molecule has 1 saturated heterocycles. The van der Waals surface area contributed by atoms with Crippen LogP contribution in [0.15, 0.2) is 48.7 Å². The van der Waals surface area contributed by atoms with Crippen LogP contribution < -0.4 is 10.2 Å². The number of hydrogen-bond acceptors (Lipinski definition) is 6. The zero-order valence-electron chi connectivity index (χ0n) is 16.4. The molecule has 0 saturated carbocycles. The number of aliphatic hydroxyl groups is 1. The highest BCUT2D eigenvalue weighted by atomic mass is 16.3. The number of amides is 1. The molecule has 30 heavy (non-hydrogen) atoms. The van der Waals surface area contributed by atoms with Gasteiger partial charge in [0.05, 0.1) is 16.6 Å². The SMILES string of the molecule is Cn1nc(NC(=O)c2ccc(N3CC(CO)C3)nc2)cc1-c1nc2ccccc2[nH]1. The minimum Gasteiger partial charge on any atom is -0.396 e. The molecule has 9 nitrogen and oxygen atoms in total. The van der Waals surface area contributed by atoms with Gasteiger partial charge in [0.2, 0.25) is 0 Å². The van der Waals surface area contributed by atoms with Crippen LogP contribution >= 0.6 is 0 Å². The number of aliphatic hydroxyl groups excluding tert-OH is 1. The van der Waals surface area contributed by atoms with E-state index in [4.69, 9.17) is 5.11 Å². The molecule has 1 aliphatic rings. The second-order valence-electron chi connectivity index (χ2n) is 7.45. The Morgan fingerprint density at radius 2 is 2.10 bits per heavy atom. The fourth-order valence-corrected chi connectivity index (χ4v) is 3.59. The topological polar surface area (TPSA) is 112 Å². The summed E-state index contributed by atoms with van der Waals surface area (Å²) in [5, 5.41) is 16.3. The number of nitrogens with one attached hydrogen (secondary N) is 2. The van der Waals surface area contributed by atoms with Gasteiger partial charge in [0.25, 0.3) is 5.91 Å². The number of benzene rings is 1. The maximum Gasteiger partial charge on any atom is 0.258 e. The van der Waals surface area contributed by atoms with Gasteiger partial charge in [0, 0.05) is 44.9 Å². The number of aryl methyl sites for hydroxylation is 1. The summed E-state index contributed by atoms with van der Waals surface area (Å²) in [5.74, 6) is 1.96. The van der Waals surface area contributed by atoms with E-state index in [9.17, 15) is 4.79 Å². The molecule has 0 aliphatic carbocycles. The van der Waals surface area contributed by atoms with E-state index in [2.05, 4.69) is 30.3 Å². The van der Waals surface area contributed by atoms with Crippen LogP contribution in [-0.4, -0.2) is 55.4 Å². The van der Waals surface area contributed by atoms with Crippen LogP contribution in [0.3, 0.4) is 0 Å². The van der Waals surface area contributed by atoms with Crippen LogP contribution in [0, 0.1) is 5.92 Å². The average molecular weight is 403 g/mol.